The highest BCUT2D eigenvalue weighted by Gasteiger charge is 2.26. The molecule has 2 atom stereocenters. The molecule has 0 saturated heterocycles. The number of benzene rings is 1. The Morgan fingerprint density at radius 1 is 0.967 bits per heavy atom. The number of aromatic nitrogens is 2. The quantitative estimate of drug-likeness (QED) is 0.599. The average Bonchev–Trinajstić information content (AvgIpc) is 3.23. The predicted molar refractivity (Wildman–Crippen MR) is 119 cm³/mol. The Kier molecular flexibility index (Phi) is 6.95. The van der Waals surface area contributed by atoms with Crippen LogP contribution in [0, 0.1) is 12.8 Å². The molecule has 0 fully saturated rings. The fourth-order valence-electron chi connectivity index (χ4n) is 2.97. The summed E-state index contributed by atoms with van der Waals surface area (Å²) in [5, 5.41) is 8.63. The smallest absolute Gasteiger partial charge is 0.251 e. The summed E-state index contributed by atoms with van der Waals surface area (Å²) in [5.74, 6) is -0.542. The van der Waals surface area contributed by atoms with Gasteiger partial charge in [0.05, 0.1) is 11.7 Å². The molecular formula is C23H26N4O2S. The Labute approximate surface area is 180 Å². The van der Waals surface area contributed by atoms with Crippen LogP contribution in [0.4, 0.5) is 0 Å². The lowest BCUT2D eigenvalue weighted by Crippen LogP contribution is -2.50. The van der Waals surface area contributed by atoms with Gasteiger partial charge in [-0.1, -0.05) is 31.5 Å². The summed E-state index contributed by atoms with van der Waals surface area (Å²) in [6.07, 6.45) is 3.45. The Morgan fingerprint density at radius 2 is 1.63 bits per heavy atom. The number of hydrogen-bond acceptors (Lipinski definition) is 5. The van der Waals surface area contributed by atoms with Crippen molar-refractivity contribution in [2.45, 2.75) is 39.8 Å². The number of carbonyl (C=O) groups is 2. The van der Waals surface area contributed by atoms with Crippen molar-refractivity contribution in [2.24, 2.45) is 5.92 Å². The minimum Gasteiger partial charge on any atom is -0.345 e. The van der Waals surface area contributed by atoms with Crippen LogP contribution in [0.25, 0.3) is 11.3 Å². The van der Waals surface area contributed by atoms with Gasteiger partial charge in [-0.15, -0.1) is 11.3 Å². The van der Waals surface area contributed by atoms with Gasteiger partial charge in [0.25, 0.3) is 5.91 Å². The lowest BCUT2D eigenvalue weighted by atomic mass is 10.0. The molecular weight excluding hydrogens is 396 g/mol. The van der Waals surface area contributed by atoms with E-state index in [0.29, 0.717) is 5.56 Å². The zero-order valence-electron chi connectivity index (χ0n) is 17.5. The van der Waals surface area contributed by atoms with Crippen molar-refractivity contribution >= 4 is 23.2 Å². The van der Waals surface area contributed by atoms with Crippen LogP contribution in [-0.2, 0) is 4.79 Å². The molecule has 7 heteroatoms. The Bertz CT molecular complexity index is 1000. The first-order chi connectivity index (χ1) is 14.3. The normalized spacial score (nSPS) is 13.0. The van der Waals surface area contributed by atoms with E-state index >= 15 is 0 Å². The van der Waals surface area contributed by atoms with Crippen molar-refractivity contribution in [2.75, 3.05) is 0 Å². The molecule has 0 aliphatic rings. The van der Waals surface area contributed by atoms with E-state index in [0.717, 1.165) is 21.8 Å². The summed E-state index contributed by atoms with van der Waals surface area (Å²) in [6, 6.07) is 10.2. The number of thiazole rings is 1. The molecule has 1 aromatic carbocycles. The fraction of sp³-hybridized carbons (Fsp3) is 0.304. The molecule has 0 bridgehead atoms. The molecule has 2 amide bonds. The summed E-state index contributed by atoms with van der Waals surface area (Å²) in [5.41, 5.74) is 3.45. The lowest BCUT2D eigenvalue weighted by molar-refractivity contribution is -0.124. The molecule has 0 aliphatic carbocycles. The maximum Gasteiger partial charge on any atom is 0.251 e. The van der Waals surface area contributed by atoms with Crippen molar-refractivity contribution in [3.63, 3.8) is 0 Å². The summed E-state index contributed by atoms with van der Waals surface area (Å²) in [4.78, 5) is 34.2. The van der Waals surface area contributed by atoms with E-state index < -0.39 is 6.04 Å². The van der Waals surface area contributed by atoms with Gasteiger partial charge >= 0.3 is 0 Å². The van der Waals surface area contributed by atoms with Crippen LogP contribution in [-0.4, -0.2) is 27.8 Å². The number of pyridine rings is 1. The zero-order chi connectivity index (χ0) is 21.7. The second-order valence-electron chi connectivity index (χ2n) is 7.60. The molecule has 6 nitrogen and oxygen atoms in total. The first-order valence-electron chi connectivity index (χ1n) is 9.89. The van der Waals surface area contributed by atoms with Gasteiger partial charge in [0.15, 0.2) is 0 Å². The minimum absolute atomic E-state index is 0.0599. The van der Waals surface area contributed by atoms with Gasteiger partial charge in [0, 0.05) is 28.9 Å². The number of carbonyl (C=O) groups excluding carboxylic acids is 2. The molecule has 30 heavy (non-hydrogen) atoms. The predicted octanol–water partition coefficient (Wildman–Crippen LogP) is 4.15. The maximum atomic E-state index is 12.9. The second kappa shape index (κ2) is 9.63. The molecule has 2 N–H and O–H groups in total. The first kappa shape index (κ1) is 21.6. The number of nitrogens with zero attached hydrogens (tertiary/aromatic N) is 2. The second-order valence-corrected chi connectivity index (χ2v) is 8.49. The molecule has 156 valence electrons. The minimum atomic E-state index is -0.638. The number of hydrogen-bond donors (Lipinski definition) is 2. The van der Waals surface area contributed by atoms with Gasteiger partial charge in [-0.3, -0.25) is 14.6 Å². The van der Waals surface area contributed by atoms with Crippen molar-refractivity contribution in [1.29, 1.82) is 0 Å². The van der Waals surface area contributed by atoms with E-state index in [2.05, 4.69) is 20.6 Å². The highest BCUT2D eigenvalue weighted by molar-refractivity contribution is 7.10. The number of amides is 2. The Hall–Kier alpha value is -3.06. The zero-order valence-corrected chi connectivity index (χ0v) is 18.4. The number of nitrogens with one attached hydrogen (secondary N) is 2. The summed E-state index contributed by atoms with van der Waals surface area (Å²) in [7, 11) is 0. The standard InChI is InChI=1S/C23H26N4O2S/c1-14(2)20(27-21(28)18-7-5-15(3)6-8-18)22(29)25-16(4)23-26-19(13-30-23)17-9-11-24-12-10-17/h5-14,16,20H,1-4H3,(H,25,29)(H,27,28). The fourth-order valence-corrected chi connectivity index (χ4v) is 3.81. The molecule has 2 heterocycles. The molecule has 3 aromatic rings. The van der Waals surface area contributed by atoms with E-state index in [1.807, 2.05) is 57.3 Å². The highest BCUT2D eigenvalue weighted by Crippen LogP contribution is 2.25. The van der Waals surface area contributed by atoms with Gasteiger partial charge in [-0.25, -0.2) is 4.98 Å². The van der Waals surface area contributed by atoms with Gasteiger partial charge < -0.3 is 10.6 Å². The van der Waals surface area contributed by atoms with Crippen LogP contribution < -0.4 is 10.6 Å². The van der Waals surface area contributed by atoms with Crippen LogP contribution >= 0.6 is 11.3 Å². The third-order valence-electron chi connectivity index (χ3n) is 4.78. The molecule has 2 aromatic heterocycles. The Morgan fingerprint density at radius 3 is 2.27 bits per heavy atom. The van der Waals surface area contributed by atoms with E-state index in [4.69, 9.17) is 0 Å². The summed E-state index contributed by atoms with van der Waals surface area (Å²) < 4.78 is 0. The van der Waals surface area contributed by atoms with Crippen LogP contribution in [0.2, 0.25) is 0 Å². The number of aryl methyl sites for hydroxylation is 1. The van der Waals surface area contributed by atoms with Crippen molar-refractivity contribution in [1.82, 2.24) is 20.6 Å². The van der Waals surface area contributed by atoms with Crippen molar-refractivity contribution in [3.8, 4) is 11.3 Å². The van der Waals surface area contributed by atoms with Crippen LogP contribution in [0.5, 0.6) is 0 Å². The first-order valence-corrected chi connectivity index (χ1v) is 10.8. The monoisotopic (exact) mass is 422 g/mol. The molecule has 0 radical (unpaired) electrons. The van der Waals surface area contributed by atoms with Gasteiger partial charge in [-0.05, 0) is 44.0 Å². The van der Waals surface area contributed by atoms with Gasteiger partial charge in [0.1, 0.15) is 11.0 Å². The Balaban J connectivity index is 1.66. The van der Waals surface area contributed by atoms with E-state index in [9.17, 15) is 9.59 Å². The largest absolute Gasteiger partial charge is 0.345 e. The van der Waals surface area contributed by atoms with Crippen LogP contribution in [0.15, 0.2) is 54.2 Å². The van der Waals surface area contributed by atoms with E-state index in [1.54, 1.807) is 24.5 Å². The highest BCUT2D eigenvalue weighted by atomic mass is 32.1. The molecule has 3 rings (SSSR count). The van der Waals surface area contributed by atoms with Gasteiger partial charge in [-0.2, -0.15) is 0 Å². The average molecular weight is 423 g/mol. The van der Waals surface area contributed by atoms with Gasteiger partial charge in [0.2, 0.25) is 5.91 Å². The number of rotatable bonds is 7. The SMILES string of the molecule is Cc1ccc(C(=O)NC(C(=O)NC(C)c2nc(-c3ccncc3)cs2)C(C)C)cc1. The lowest BCUT2D eigenvalue weighted by Gasteiger charge is -2.23. The van der Waals surface area contributed by atoms with Crippen molar-refractivity contribution < 1.29 is 9.59 Å². The van der Waals surface area contributed by atoms with Crippen LogP contribution in [0.3, 0.4) is 0 Å². The van der Waals surface area contributed by atoms with Crippen molar-refractivity contribution in [3.05, 3.63) is 70.3 Å². The maximum absolute atomic E-state index is 12.9. The summed E-state index contributed by atoms with van der Waals surface area (Å²) in [6.45, 7) is 7.68. The topological polar surface area (TPSA) is 84.0 Å². The van der Waals surface area contributed by atoms with E-state index in [1.165, 1.54) is 11.3 Å². The molecule has 0 spiro atoms. The third kappa shape index (κ3) is 5.30. The van der Waals surface area contributed by atoms with E-state index in [-0.39, 0.29) is 23.8 Å². The molecule has 0 aliphatic heterocycles. The molecule has 2 unspecified atom stereocenters. The summed E-state index contributed by atoms with van der Waals surface area (Å²) >= 11 is 1.49. The third-order valence-corrected chi connectivity index (χ3v) is 5.80. The van der Waals surface area contributed by atoms with Crippen LogP contribution in [0.1, 0.15) is 47.7 Å². The molecule has 0 saturated carbocycles.